The zero-order chi connectivity index (χ0) is 31.3. The van der Waals surface area contributed by atoms with Crippen LogP contribution in [0.4, 0.5) is 13.2 Å². The van der Waals surface area contributed by atoms with Gasteiger partial charge in [0.2, 0.25) is 5.91 Å². The smallest absolute Gasteiger partial charge is 0.421 e. The number of pyridine rings is 2. The van der Waals surface area contributed by atoms with Crippen molar-refractivity contribution < 1.29 is 22.7 Å². The molecule has 224 valence electrons. The molecule has 0 aliphatic heterocycles. The number of aliphatic imine (C=N–C) groups is 1. The van der Waals surface area contributed by atoms with Crippen LogP contribution in [0.1, 0.15) is 37.6 Å². The highest BCUT2D eigenvalue weighted by Crippen LogP contribution is 2.34. The summed E-state index contributed by atoms with van der Waals surface area (Å²) in [7, 11) is 0. The number of para-hydroxylation sites is 1. The second kappa shape index (κ2) is 12.9. The minimum atomic E-state index is -4.78. The number of alkyl halides is 3. The van der Waals surface area contributed by atoms with Crippen LogP contribution in [0.3, 0.4) is 0 Å². The Morgan fingerprint density at radius 2 is 2.00 bits per heavy atom. The van der Waals surface area contributed by atoms with Crippen LogP contribution in [0.2, 0.25) is 0 Å². The Hall–Kier alpha value is -5.00. The number of aromatic amines is 1. The van der Waals surface area contributed by atoms with Gasteiger partial charge in [0.05, 0.1) is 24.1 Å². The predicted octanol–water partition coefficient (Wildman–Crippen LogP) is 5.75. The predicted molar refractivity (Wildman–Crippen MR) is 159 cm³/mol. The largest absolute Gasteiger partial charge is 0.487 e. The number of carbonyl (C=O) groups excluding carboxylic acids is 1. The molecule has 12 heteroatoms. The fourth-order valence-electron chi connectivity index (χ4n) is 4.60. The molecule has 0 saturated heterocycles. The molecule has 0 aliphatic rings. The minimum Gasteiger partial charge on any atom is -0.487 e. The van der Waals surface area contributed by atoms with Crippen molar-refractivity contribution in [3.63, 3.8) is 0 Å². The third kappa shape index (κ3) is 6.91. The fourth-order valence-corrected chi connectivity index (χ4v) is 4.60. The second-order valence-corrected chi connectivity index (χ2v) is 9.84. The number of aromatic nitrogens is 4. The molecule has 4 aromatic rings. The third-order valence-electron chi connectivity index (χ3n) is 6.91. The minimum absolute atomic E-state index is 0.0137. The highest BCUT2D eigenvalue weighted by molar-refractivity contribution is 5.97. The van der Waals surface area contributed by atoms with E-state index in [1.165, 1.54) is 19.2 Å². The normalized spacial score (nSPS) is 12.7. The first kappa shape index (κ1) is 30.9. The van der Waals surface area contributed by atoms with Gasteiger partial charge in [-0.05, 0) is 57.3 Å². The van der Waals surface area contributed by atoms with Crippen LogP contribution < -0.4 is 15.6 Å². The summed E-state index contributed by atoms with van der Waals surface area (Å²) in [5, 5.41) is 10.8. The molecule has 4 rings (SSSR count). The number of allylic oxidation sites excluding steroid dienone is 2. The molecule has 0 aliphatic carbocycles. The van der Waals surface area contributed by atoms with Crippen molar-refractivity contribution in [3.8, 4) is 17.0 Å². The average molecular weight is 593 g/mol. The van der Waals surface area contributed by atoms with Gasteiger partial charge in [0, 0.05) is 47.4 Å². The van der Waals surface area contributed by atoms with Crippen LogP contribution in [-0.4, -0.2) is 39.0 Å². The third-order valence-corrected chi connectivity index (χ3v) is 6.91. The highest BCUT2D eigenvalue weighted by Gasteiger charge is 2.34. The van der Waals surface area contributed by atoms with Crippen molar-refractivity contribution in [1.29, 1.82) is 0 Å². The number of rotatable bonds is 10. The van der Waals surface area contributed by atoms with E-state index in [9.17, 15) is 22.8 Å². The number of nitrogens with one attached hydrogen (secondary N) is 2. The average Bonchev–Trinajstić information content (AvgIpc) is 3.43. The van der Waals surface area contributed by atoms with Gasteiger partial charge in [0.15, 0.2) is 0 Å². The van der Waals surface area contributed by atoms with E-state index in [4.69, 9.17) is 9.72 Å². The van der Waals surface area contributed by atoms with E-state index in [0.29, 0.717) is 29.1 Å². The number of halogens is 3. The molecule has 0 spiro atoms. The van der Waals surface area contributed by atoms with Gasteiger partial charge in [0.25, 0.3) is 5.56 Å². The Balaban J connectivity index is 1.73. The summed E-state index contributed by atoms with van der Waals surface area (Å²) in [6.45, 7) is 10.6. The molecule has 0 unspecified atom stereocenters. The number of ether oxygens (including phenoxy) is 1. The summed E-state index contributed by atoms with van der Waals surface area (Å²) < 4.78 is 47.3. The molecule has 0 saturated carbocycles. The second-order valence-electron chi connectivity index (χ2n) is 9.84. The summed E-state index contributed by atoms with van der Waals surface area (Å²) in [5.41, 5.74) is 2.84. The summed E-state index contributed by atoms with van der Waals surface area (Å²) in [6.07, 6.45) is -0.0300. The summed E-state index contributed by atoms with van der Waals surface area (Å²) >= 11 is 0. The number of H-pyrrole nitrogens is 1. The SMILES string of the molecule is C=N/C(Cn1cccc(C(F)(F)F)c1=O)=C(COc1cccc2c(-c3[nH]ncc3CNC(C)=O)cc(C)nc12)\C(C)=C/C. The molecular formula is C31H31F3N6O3. The molecule has 2 N–H and O–H groups in total. The molecule has 3 heterocycles. The van der Waals surface area contributed by atoms with Crippen molar-refractivity contribution in [2.75, 3.05) is 6.61 Å². The number of amides is 1. The van der Waals surface area contributed by atoms with Crippen LogP contribution >= 0.6 is 0 Å². The number of benzene rings is 1. The Bertz CT molecular complexity index is 1800. The molecular weight excluding hydrogens is 561 g/mol. The van der Waals surface area contributed by atoms with E-state index in [0.717, 1.165) is 44.1 Å². The Morgan fingerprint density at radius 3 is 2.67 bits per heavy atom. The van der Waals surface area contributed by atoms with Crippen LogP contribution in [0.25, 0.3) is 22.2 Å². The summed E-state index contributed by atoms with van der Waals surface area (Å²) in [4.78, 5) is 32.9. The van der Waals surface area contributed by atoms with E-state index in [-0.39, 0.29) is 19.1 Å². The van der Waals surface area contributed by atoms with Gasteiger partial charge in [-0.2, -0.15) is 18.3 Å². The van der Waals surface area contributed by atoms with Crippen LogP contribution in [-0.2, 0) is 24.1 Å². The maximum atomic E-state index is 13.3. The van der Waals surface area contributed by atoms with Crippen LogP contribution in [0.15, 0.2) is 81.5 Å². The lowest BCUT2D eigenvalue weighted by Gasteiger charge is -2.17. The van der Waals surface area contributed by atoms with Crippen LogP contribution in [0, 0.1) is 6.92 Å². The molecule has 43 heavy (non-hydrogen) atoms. The Morgan fingerprint density at radius 1 is 1.23 bits per heavy atom. The number of fused-ring (bicyclic) bond motifs is 1. The summed E-state index contributed by atoms with van der Waals surface area (Å²) in [5.74, 6) is 0.302. The van der Waals surface area contributed by atoms with E-state index < -0.39 is 17.3 Å². The number of carbonyl (C=O) groups is 1. The molecule has 0 fully saturated rings. The lowest BCUT2D eigenvalue weighted by Crippen LogP contribution is -2.28. The monoisotopic (exact) mass is 592 g/mol. The van der Waals surface area contributed by atoms with Gasteiger partial charge in [-0.1, -0.05) is 18.2 Å². The van der Waals surface area contributed by atoms with Gasteiger partial charge in [-0.25, -0.2) is 4.98 Å². The maximum absolute atomic E-state index is 13.3. The van der Waals surface area contributed by atoms with E-state index in [1.807, 2.05) is 45.0 Å². The maximum Gasteiger partial charge on any atom is 0.421 e. The standard InChI is InChI=1S/C31H31F3N6O3/c1-6-18(2)24(26(35-5)16-40-12-8-10-25(30(40)42)31(32,33)34)17-43-27-11-7-9-22-23(13-19(3)38-29(22)27)28-21(15-37-39-28)14-36-20(4)41/h6-13,15H,5,14,16-17H2,1-4H3,(H,36,41)(H,37,39)/b18-6-,26-24-. The van der Waals surface area contributed by atoms with E-state index >= 15 is 0 Å². The quantitative estimate of drug-likeness (QED) is 0.180. The number of hydrogen-bond acceptors (Lipinski definition) is 6. The molecule has 0 radical (unpaired) electrons. The molecule has 0 atom stereocenters. The van der Waals surface area contributed by atoms with Gasteiger partial charge in [-0.15, -0.1) is 0 Å². The topological polar surface area (TPSA) is 114 Å². The lowest BCUT2D eigenvalue weighted by atomic mass is 10.0. The number of hydrogen-bond donors (Lipinski definition) is 2. The number of nitrogens with zero attached hydrogens (tertiary/aromatic N) is 4. The zero-order valence-corrected chi connectivity index (χ0v) is 24.2. The van der Waals surface area contributed by atoms with Gasteiger partial charge in [-0.3, -0.25) is 19.7 Å². The first-order valence-electron chi connectivity index (χ1n) is 13.3. The number of aryl methyl sites for hydroxylation is 1. The molecule has 3 aromatic heterocycles. The van der Waals surface area contributed by atoms with E-state index in [2.05, 4.69) is 27.2 Å². The first-order chi connectivity index (χ1) is 20.4. The molecule has 1 aromatic carbocycles. The Kier molecular flexibility index (Phi) is 9.27. The fraction of sp³-hybridized carbons (Fsp3) is 0.258. The lowest BCUT2D eigenvalue weighted by molar-refractivity contribution is -0.139. The Labute approximate surface area is 245 Å². The van der Waals surface area contributed by atoms with Crippen molar-refractivity contribution in [2.24, 2.45) is 4.99 Å². The van der Waals surface area contributed by atoms with Gasteiger partial charge >= 0.3 is 6.18 Å². The molecule has 1 amide bonds. The molecule has 0 bridgehead atoms. The summed E-state index contributed by atoms with van der Waals surface area (Å²) in [6, 6.07) is 9.33. The van der Waals surface area contributed by atoms with Crippen LogP contribution in [0.5, 0.6) is 5.75 Å². The van der Waals surface area contributed by atoms with Crippen molar-refractivity contribution >= 4 is 23.5 Å². The van der Waals surface area contributed by atoms with Crippen molar-refractivity contribution in [1.82, 2.24) is 25.1 Å². The van der Waals surface area contributed by atoms with Gasteiger partial charge in [0.1, 0.15) is 23.4 Å². The van der Waals surface area contributed by atoms with Gasteiger partial charge < -0.3 is 14.6 Å². The zero-order valence-electron chi connectivity index (χ0n) is 24.2. The first-order valence-corrected chi connectivity index (χ1v) is 13.3. The van der Waals surface area contributed by atoms with Crippen molar-refractivity contribution in [2.45, 2.75) is 47.0 Å². The van der Waals surface area contributed by atoms with E-state index in [1.54, 1.807) is 12.3 Å². The molecule has 9 nitrogen and oxygen atoms in total. The highest BCUT2D eigenvalue weighted by atomic mass is 19.4. The van der Waals surface area contributed by atoms with Crippen molar-refractivity contribution in [3.05, 3.63) is 98.9 Å².